The number of carbonyl (C=O) groups is 1. The number of hydrogen-bond donors (Lipinski definition) is 1. The molecule has 1 atom stereocenters. The predicted octanol–water partition coefficient (Wildman–Crippen LogP) is 4.04. The number of nitrogens with one attached hydrogen (secondary N) is 1. The fraction of sp³-hybridized carbons (Fsp3) is 0.500. The van der Waals surface area contributed by atoms with Crippen LogP contribution in [-0.2, 0) is 4.79 Å². The van der Waals surface area contributed by atoms with Gasteiger partial charge in [-0.15, -0.1) is 11.3 Å². The molecule has 7 heteroatoms. The molecule has 114 valence electrons. The first-order valence-corrected chi connectivity index (χ1v) is 8.67. The van der Waals surface area contributed by atoms with Gasteiger partial charge in [0.2, 0.25) is 5.91 Å². The summed E-state index contributed by atoms with van der Waals surface area (Å²) in [5.41, 5.74) is 0.990. The van der Waals surface area contributed by atoms with E-state index in [-0.39, 0.29) is 11.2 Å². The van der Waals surface area contributed by atoms with Gasteiger partial charge in [0.25, 0.3) is 0 Å². The molecular formula is C14H19N3O2S2. The Morgan fingerprint density at radius 3 is 2.90 bits per heavy atom. The van der Waals surface area contributed by atoms with Gasteiger partial charge in [-0.1, -0.05) is 36.7 Å². The number of nitrogens with zero attached hydrogens (tertiary/aromatic N) is 2. The second kappa shape index (κ2) is 7.61. The first kappa shape index (κ1) is 16.0. The van der Waals surface area contributed by atoms with Crippen molar-refractivity contribution in [3.05, 3.63) is 22.9 Å². The number of anilines is 1. The van der Waals surface area contributed by atoms with Gasteiger partial charge >= 0.3 is 0 Å². The molecule has 21 heavy (non-hydrogen) atoms. The summed E-state index contributed by atoms with van der Waals surface area (Å²) in [6.45, 7) is 5.87. The Kier molecular flexibility index (Phi) is 5.81. The molecule has 2 rings (SSSR count). The zero-order valence-electron chi connectivity index (χ0n) is 12.4. The van der Waals surface area contributed by atoms with E-state index in [1.165, 1.54) is 11.8 Å². The summed E-state index contributed by atoms with van der Waals surface area (Å²) < 4.78 is 5.90. The maximum atomic E-state index is 12.4. The molecule has 0 aromatic carbocycles. The van der Waals surface area contributed by atoms with Crippen LogP contribution in [0.3, 0.4) is 0 Å². The minimum Gasteiger partial charge on any atom is -0.360 e. The highest BCUT2D eigenvalue weighted by Gasteiger charge is 2.22. The first-order valence-electron chi connectivity index (χ1n) is 6.91. The Bertz CT molecular complexity index is 595. The number of aromatic nitrogens is 2. The monoisotopic (exact) mass is 325 g/mol. The Morgan fingerprint density at radius 2 is 2.33 bits per heavy atom. The number of thioether (sulfide) groups is 1. The van der Waals surface area contributed by atoms with Crippen molar-refractivity contribution < 1.29 is 9.32 Å². The van der Waals surface area contributed by atoms with Crippen LogP contribution in [0.2, 0.25) is 0 Å². The lowest BCUT2D eigenvalue weighted by Gasteiger charge is -2.13. The summed E-state index contributed by atoms with van der Waals surface area (Å²) in [7, 11) is 0. The fourth-order valence-corrected chi connectivity index (χ4v) is 3.90. The molecule has 1 N–H and O–H groups in total. The van der Waals surface area contributed by atoms with Crippen LogP contribution in [0.5, 0.6) is 0 Å². The van der Waals surface area contributed by atoms with Crippen molar-refractivity contribution in [3.8, 4) is 0 Å². The maximum absolute atomic E-state index is 12.4. The molecule has 0 bridgehead atoms. The molecular weight excluding hydrogens is 306 g/mol. The smallest absolute Gasteiger partial charge is 0.239 e. The second-order valence-electron chi connectivity index (χ2n) is 4.82. The van der Waals surface area contributed by atoms with Crippen molar-refractivity contribution in [1.82, 2.24) is 10.1 Å². The number of hydrogen-bond acceptors (Lipinski definition) is 6. The number of rotatable bonds is 7. The van der Waals surface area contributed by atoms with E-state index in [9.17, 15) is 4.79 Å². The molecule has 0 aliphatic heterocycles. The zero-order chi connectivity index (χ0) is 15.2. The highest BCUT2D eigenvalue weighted by atomic mass is 32.2. The van der Waals surface area contributed by atoms with Gasteiger partial charge in [0, 0.05) is 17.1 Å². The van der Waals surface area contributed by atoms with Gasteiger partial charge in [-0.3, -0.25) is 4.79 Å². The molecule has 0 saturated heterocycles. The van der Waals surface area contributed by atoms with E-state index >= 15 is 0 Å². The van der Waals surface area contributed by atoms with Gasteiger partial charge in [-0.05, 0) is 20.3 Å². The van der Waals surface area contributed by atoms with Crippen molar-refractivity contribution >= 4 is 34.8 Å². The summed E-state index contributed by atoms with van der Waals surface area (Å²) in [6, 6.07) is 1.72. The van der Waals surface area contributed by atoms with Crippen LogP contribution in [0.4, 0.5) is 5.82 Å². The van der Waals surface area contributed by atoms with Crippen LogP contribution in [0.1, 0.15) is 37.6 Å². The lowest BCUT2D eigenvalue weighted by atomic mass is 10.2. The normalized spacial score (nSPS) is 12.3. The van der Waals surface area contributed by atoms with Crippen LogP contribution in [0.15, 0.2) is 20.3 Å². The number of aryl methyl sites for hydroxylation is 2. The van der Waals surface area contributed by atoms with Crippen molar-refractivity contribution in [2.75, 3.05) is 5.32 Å². The molecule has 0 aliphatic rings. The average molecular weight is 325 g/mol. The van der Waals surface area contributed by atoms with E-state index in [0.29, 0.717) is 11.6 Å². The summed E-state index contributed by atoms with van der Waals surface area (Å²) >= 11 is 3.10. The highest BCUT2D eigenvalue weighted by Crippen LogP contribution is 2.30. The Labute approximate surface area is 132 Å². The number of carbonyl (C=O) groups excluding carboxylic acids is 1. The van der Waals surface area contributed by atoms with E-state index in [2.05, 4.69) is 22.4 Å². The topological polar surface area (TPSA) is 68.0 Å². The van der Waals surface area contributed by atoms with E-state index in [0.717, 1.165) is 29.3 Å². The van der Waals surface area contributed by atoms with E-state index in [1.54, 1.807) is 24.3 Å². The maximum Gasteiger partial charge on any atom is 0.239 e. The van der Waals surface area contributed by atoms with E-state index in [1.807, 2.05) is 12.3 Å². The molecule has 2 aromatic heterocycles. The van der Waals surface area contributed by atoms with Crippen molar-refractivity contribution in [2.24, 2.45) is 0 Å². The quantitative estimate of drug-likeness (QED) is 0.778. The van der Waals surface area contributed by atoms with Crippen molar-refractivity contribution in [2.45, 2.75) is 49.6 Å². The SMILES string of the molecule is CCCCC(Sc1nc(C)cs1)C(=O)Nc1cc(C)on1. The van der Waals surface area contributed by atoms with Gasteiger partial charge < -0.3 is 9.84 Å². The van der Waals surface area contributed by atoms with Gasteiger partial charge in [0.05, 0.1) is 5.25 Å². The number of thiazole rings is 1. The lowest BCUT2D eigenvalue weighted by molar-refractivity contribution is -0.115. The predicted molar refractivity (Wildman–Crippen MR) is 85.9 cm³/mol. The molecule has 1 unspecified atom stereocenters. The van der Waals surface area contributed by atoms with Crippen LogP contribution < -0.4 is 5.32 Å². The van der Waals surface area contributed by atoms with E-state index in [4.69, 9.17) is 4.52 Å². The van der Waals surface area contributed by atoms with Gasteiger partial charge in [-0.2, -0.15) is 0 Å². The van der Waals surface area contributed by atoms with Crippen LogP contribution >= 0.6 is 23.1 Å². The molecule has 2 aromatic rings. The molecule has 5 nitrogen and oxygen atoms in total. The minimum atomic E-state index is -0.160. The summed E-state index contributed by atoms with van der Waals surface area (Å²) in [5.74, 6) is 1.10. The summed E-state index contributed by atoms with van der Waals surface area (Å²) in [6.07, 6.45) is 2.89. The second-order valence-corrected chi connectivity index (χ2v) is 7.12. The number of unbranched alkanes of at least 4 members (excludes halogenated alkanes) is 1. The van der Waals surface area contributed by atoms with Crippen LogP contribution in [0, 0.1) is 13.8 Å². The Balaban J connectivity index is 2.01. The van der Waals surface area contributed by atoms with Gasteiger partial charge in [0.1, 0.15) is 5.76 Å². The molecule has 0 spiro atoms. The summed E-state index contributed by atoms with van der Waals surface area (Å²) in [5, 5.41) is 8.45. The van der Waals surface area contributed by atoms with Crippen LogP contribution in [0.25, 0.3) is 0 Å². The van der Waals surface area contributed by atoms with Crippen molar-refractivity contribution in [3.63, 3.8) is 0 Å². The minimum absolute atomic E-state index is 0.0467. The summed E-state index contributed by atoms with van der Waals surface area (Å²) in [4.78, 5) is 16.8. The first-order chi connectivity index (χ1) is 10.1. The third kappa shape index (κ3) is 4.86. The molecule has 0 radical (unpaired) electrons. The third-order valence-corrected chi connectivity index (χ3v) is 5.19. The lowest BCUT2D eigenvalue weighted by Crippen LogP contribution is -2.25. The largest absolute Gasteiger partial charge is 0.360 e. The molecule has 1 amide bonds. The highest BCUT2D eigenvalue weighted by molar-refractivity contribution is 8.02. The zero-order valence-corrected chi connectivity index (χ0v) is 14.0. The van der Waals surface area contributed by atoms with Crippen molar-refractivity contribution in [1.29, 1.82) is 0 Å². The molecule has 0 fully saturated rings. The fourth-order valence-electron chi connectivity index (χ4n) is 1.77. The molecule has 2 heterocycles. The van der Waals surface area contributed by atoms with Crippen LogP contribution in [-0.4, -0.2) is 21.3 Å². The molecule has 0 saturated carbocycles. The Morgan fingerprint density at radius 1 is 1.52 bits per heavy atom. The standard InChI is InChI=1S/C14H19N3O2S2/c1-4-5-6-11(21-14-15-9(2)8-20-14)13(18)16-12-7-10(3)19-17-12/h7-8,11H,4-6H2,1-3H3,(H,16,17,18). The third-order valence-electron chi connectivity index (χ3n) is 2.83. The van der Waals surface area contributed by atoms with Gasteiger partial charge in [0.15, 0.2) is 10.2 Å². The number of amides is 1. The van der Waals surface area contributed by atoms with Gasteiger partial charge in [-0.25, -0.2) is 4.98 Å². The van der Waals surface area contributed by atoms with E-state index < -0.39 is 0 Å². The molecule has 0 aliphatic carbocycles. The Hall–Kier alpha value is -1.34. The average Bonchev–Trinajstić information content (AvgIpc) is 3.03.